The summed E-state index contributed by atoms with van der Waals surface area (Å²) < 4.78 is 15.3. The first-order valence-electron chi connectivity index (χ1n) is 13.9. The van der Waals surface area contributed by atoms with Gasteiger partial charge in [-0.25, -0.2) is 4.39 Å². The second kappa shape index (κ2) is 10.7. The summed E-state index contributed by atoms with van der Waals surface area (Å²) in [6, 6.07) is 6.17. The first-order valence-corrected chi connectivity index (χ1v) is 13.9. The number of carbonyl (C=O) groups excluding carboxylic acids is 4. The SMILES string of the molecule is Nc1cc(N2CCN(CC3CCN(c4cc5c(cc4F)C(=O)N(C4CCC(=O)NC4=O)C5=O)C3)CC2)ccc1[N+](=O)[O-]. The van der Waals surface area contributed by atoms with Crippen LogP contribution in [0.5, 0.6) is 0 Å². The average molecular weight is 580 g/mol. The zero-order chi connectivity index (χ0) is 29.7. The van der Waals surface area contributed by atoms with Gasteiger partial charge in [-0.3, -0.25) is 44.4 Å². The highest BCUT2D eigenvalue weighted by atomic mass is 19.1. The third-order valence-electron chi connectivity index (χ3n) is 8.60. The molecular weight excluding hydrogens is 549 g/mol. The molecule has 14 heteroatoms. The van der Waals surface area contributed by atoms with Crippen molar-refractivity contribution in [3.05, 3.63) is 57.4 Å². The molecule has 4 aliphatic rings. The summed E-state index contributed by atoms with van der Waals surface area (Å²) in [5, 5.41) is 13.2. The van der Waals surface area contributed by atoms with Crippen molar-refractivity contribution in [1.82, 2.24) is 15.1 Å². The third-order valence-corrected chi connectivity index (χ3v) is 8.60. The van der Waals surface area contributed by atoms with E-state index in [2.05, 4.69) is 15.1 Å². The fourth-order valence-electron chi connectivity index (χ4n) is 6.38. The fourth-order valence-corrected chi connectivity index (χ4v) is 6.38. The molecule has 0 aromatic heterocycles. The van der Waals surface area contributed by atoms with Gasteiger partial charge >= 0.3 is 0 Å². The van der Waals surface area contributed by atoms with E-state index in [-0.39, 0.29) is 46.9 Å². The predicted molar refractivity (Wildman–Crippen MR) is 150 cm³/mol. The van der Waals surface area contributed by atoms with E-state index >= 15 is 4.39 Å². The molecule has 4 aliphatic heterocycles. The lowest BCUT2D eigenvalue weighted by Crippen LogP contribution is -2.54. The van der Waals surface area contributed by atoms with Crippen LogP contribution in [0.3, 0.4) is 0 Å². The number of halogens is 1. The smallest absolute Gasteiger partial charge is 0.292 e. The highest BCUT2D eigenvalue weighted by molar-refractivity contribution is 6.23. The normalized spacial score (nSPS) is 23.0. The van der Waals surface area contributed by atoms with Gasteiger partial charge in [-0.2, -0.15) is 0 Å². The van der Waals surface area contributed by atoms with E-state index in [1.165, 1.54) is 12.1 Å². The van der Waals surface area contributed by atoms with Gasteiger partial charge in [-0.05, 0) is 43.0 Å². The molecule has 2 aromatic rings. The number of nitrogen functional groups attached to an aromatic ring is 1. The lowest BCUT2D eigenvalue weighted by Gasteiger charge is -2.37. The molecule has 2 atom stereocenters. The summed E-state index contributed by atoms with van der Waals surface area (Å²) in [5.41, 5.74) is 6.98. The lowest BCUT2D eigenvalue weighted by atomic mass is 10.0. The van der Waals surface area contributed by atoms with Crippen molar-refractivity contribution >= 4 is 46.4 Å². The Morgan fingerprint density at radius 2 is 1.67 bits per heavy atom. The van der Waals surface area contributed by atoms with Gasteiger partial charge in [0.25, 0.3) is 17.5 Å². The molecule has 4 amide bonds. The molecule has 220 valence electrons. The number of nitrogens with two attached hydrogens (primary N) is 1. The van der Waals surface area contributed by atoms with E-state index in [4.69, 9.17) is 5.73 Å². The van der Waals surface area contributed by atoms with Crippen molar-refractivity contribution in [1.29, 1.82) is 0 Å². The molecule has 13 nitrogen and oxygen atoms in total. The molecule has 0 saturated carbocycles. The van der Waals surface area contributed by atoms with Crippen molar-refractivity contribution in [2.45, 2.75) is 25.3 Å². The molecule has 4 heterocycles. The predicted octanol–water partition coefficient (Wildman–Crippen LogP) is 1.37. The lowest BCUT2D eigenvalue weighted by molar-refractivity contribution is -0.383. The molecule has 6 rings (SSSR count). The van der Waals surface area contributed by atoms with Gasteiger partial charge in [-0.1, -0.05) is 0 Å². The summed E-state index contributed by atoms with van der Waals surface area (Å²) in [5.74, 6) is -2.88. The van der Waals surface area contributed by atoms with Crippen molar-refractivity contribution in [2.24, 2.45) is 5.92 Å². The molecule has 42 heavy (non-hydrogen) atoms. The van der Waals surface area contributed by atoms with Crippen molar-refractivity contribution in [3.63, 3.8) is 0 Å². The number of piperazine rings is 1. The van der Waals surface area contributed by atoms with Gasteiger partial charge in [0.05, 0.1) is 21.7 Å². The molecule has 2 aromatic carbocycles. The van der Waals surface area contributed by atoms with E-state index in [1.54, 1.807) is 12.1 Å². The van der Waals surface area contributed by atoms with Crippen LogP contribution >= 0.6 is 0 Å². The second-order valence-electron chi connectivity index (χ2n) is 11.2. The van der Waals surface area contributed by atoms with Gasteiger partial charge in [0, 0.05) is 64.0 Å². The van der Waals surface area contributed by atoms with Crippen LogP contribution in [0.4, 0.5) is 27.1 Å². The number of amides is 4. The molecular formula is C28H30FN7O6. The highest BCUT2D eigenvalue weighted by Crippen LogP contribution is 2.35. The van der Waals surface area contributed by atoms with Gasteiger partial charge in [-0.15, -0.1) is 0 Å². The maximum Gasteiger partial charge on any atom is 0.292 e. The Morgan fingerprint density at radius 1 is 0.952 bits per heavy atom. The number of nitrogens with zero attached hydrogens (tertiary/aromatic N) is 5. The number of nitro benzene ring substituents is 1. The monoisotopic (exact) mass is 579 g/mol. The summed E-state index contributed by atoms with van der Waals surface area (Å²) in [6.07, 6.45) is 0.889. The fraction of sp³-hybridized carbons (Fsp3) is 0.429. The quantitative estimate of drug-likeness (QED) is 0.221. The first kappa shape index (κ1) is 27.6. The largest absolute Gasteiger partial charge is 0.393 e. The van der Waals surface area contributed by atoms with Crippen LogP contribution in [0, 0.1) is 21.8 Å². The summed E-state index contributed by atoms with van der Waals surface area (Å²) in [4.78, 5) is 67.8. The number of carbonyl (C=O) groups is 4. The number of fused-ring (bicyclic) bond motifs is 1. The Hall–Kier alpha value is -4.59. The first-order chi connectivity index (χ1) is 20.1. The number of anilines is 3. The Morgan fingerprint density at radius 3 is 2.33 bits per heavy atom. The molecule has 3 saturated heterocycles. The average Bonchev–Trinajstić information content (AvgIpc) is 3.50. The minimum Gasteiger partial charge on any atom is -0.393 e. The standard InChI is InChI=1S/C28H30FN7O6/c29-20-12-18-19(28(40)35(27(18)39)23-3-4-25(37)31-26(23)38)13-24(20)34-6-5-16(15-34)14-32-7-9-33(10-8-32)17-1-2-22(36(41)42)21(30)11-17/h1-2,11-13,16,23H,3-10,14-15,30H2,(H,31,37,38). The molecule has 2 unspecified atom stereocenters. The van der Waals surface area contributed by atoms with E-state index < -0.39 is 40.4 Å². The molecule has 3 fully saturated rings. The van der Waals surface area contributed by atoms with Gasteiger partial charge < -0.3 is 15.5 Å². The number of hydrogen-bond acceptors (Lipinski definition) is 10. The van der Waals surface area contributed by atoms with E-state index in [0.29, 0.717) is 13.1 Å². The van der Waals surface area contributed by atoms with Gasteiger partial charge in [0.15, 0.2) is 0 Å². The number of piperidine rings is 1. The van der Waals surface area contributed by atoms with Crippen LogP contribution in [0.1, 0.15) is 40.0 Å². The Bertz CT molecular complexity index is 1510. The number of benzene rings is 2. The van der Waals surface area contributed by atoms with Crippen LogP contribution in [0.15, 0.2) is 30.3 Å². The Labute approximate surface area is 240 Å². The maximum atomic E-state index is 15.3. The van der Waals surface area contributed by atoms with E-state index in [1.807, 2.05) is 4.90 Å². The van der Waals surface area contributed by atoms with Crippen LogP contribution in [-0.4, -0.2) is 90.2 Å². The zero-order valence-electron chi connectivity index (χ0n) is 22.8. The van der Waals surface area contributed by atoms with E-state index in [0.717, 1.165) is 55.8 Å². The maximum absolute atomic E-state index is 15.3. The zero-order valence-corrected chi connectivity index (χ0v) is 22.8. The number of rotatable bonds is 6. The molecule has 0 radical (unpaired) electrons. The minimum atomic E-state index is -1.10. The topological polar surface area (TPSA) is 162 Å². The molecule has 0 aliphatic carbocycles. The van der Waals surface area contributed by atoms with Crippen molar-refractivity contribution < 1.29 is 28.5 Å². The van der Waals surface area contributed by atoms with Crippen LogP contribution in [0.25, 0.3) is 0 Å². The van der Waals surface area contributed by atoms with Crippen LogP contribution in [-0.2, 0) is 9.59 Å². The number of nitro groups is 1. The Balaban J connectivity index is 1.07. The molecule has 0 bridgehead atoms. The third kappa shape index (κ3) is 4.91. The Kier molecular flexibility index (Phi) is 7.01. The summed E-state index contributed by atoms with van der Waals surface area (Å²) in [6.45, 7) is 5.09. The van der Waals surface area contributed by atoms with Crippen LogP contribution in [0.2, 0.25) is 0 Å². The van der Waals surface area contributed by atoms with Crippen molar-refractivity contribution in [3.8, 4) is 0 Å². The minimum absolute atomic E-state index is 0.0132. The highest BCUT2D eigenvalue weighted by Gasteiger charge is 2.45. The summed E-state index contributed by atoms with van der Waals surface area (Å²) >= 11 is 0. The second-order valence-corrected chi connectivity index (χ2v) is 11.2. The molecule has 0 spiro atoms. The number of imide groups is 2. The van der Waals surface area contributed by atoms with Gasteiger partial charge in [0.1, 0.15) is 17.5 Å². The summed E-state index contributed by atoms with van der Waals surface area (Å²) in [7, 11) is 0. The number of nitrogens with one attached hydrogen (secondary N) is 1. The van der Waals surface area contributed by atoms with E-state index in [9.17, 15) is 29.3 Å². The molecule has 3 N–H and O–H groups in total. The number of hydrogen-bond donors (Lipinski definition) is 2. The van der Waals surface area contributed by atoms with Crippen LogP contribution < -0.4 is 20.9 Å². The van der Waals surface area contributed by atoms with Gasteiger partial charge in [0.2, 0.25) is 11.8 Å². The van der Waals surface area contributed by atoms with Crippen molar-refractivity contribution in [2.75, 3.05) is 61.3 Å².